The Morgan fingerprint density at radius 3 is 2.41 bits per heavy atom. The second-order valence-electron chi connectivity index (χ2n) is 6.42. The molecule has 1 aliphatic rings. The second-order valence-corrected chi connectivity index (χ2v) is 6.42. The van der Waals surface area contributed by atoms with E-state index in [1.54, 1.807) is 17.3 Å². The maximum Gasteiger partial charge on any atom is 0.182 e. The highest BCUT2D eigenvalue weighted by Gasteiger charge is 2.21. The summed E-state index contributed by atoms with van der Waals surface area (Å²) >= 11 is 0. The van der Waals surface area contributed by atoms with Crippen molar-refractivity contribution < 1.29 is 0 Å². The van der Waals surface area contributed by atoms with Crippen LogP contribution in [0.4, 0.5) is 11.6 Å². The molecule has 27 heavy (non-hydrogen) atoms. The number of hydrogen-bond acceptors (Lipinski definition) is 8. The minimum atomic E-state index is 0.692. The first-order valence-electron chi connectivity index (χ1n) is 8.78. The van der Waals surface area contributed by atoms with Gasteiger partial charge in [-0.3, -0.25) is 0 Å². The maximum atomic E-state index is 4.44. The molecule has 0 atom stereocenters. The van der Waals surface area contributed by atoms with Crippen molar-refractivity contribution in [1.82, 2.24) is 39.9 Å². The fourth-order valence-electron chi connectivity index (χ4n) is 3.29. The SMILES string of the molecule is Cc1ccn(-c2ccc(N3CCN(c4ncnc5nc[nH]c45)CC3)nn2)n1. The van der Waals surface area contributed by atoms with Crippen LogP contribution < -0.4 is 9.80 Å². The summed E-state index contributed by atoms with van der Waals surface area (Å²) < 4.78 is 1.73. The van der Waals surface area contributed by atoms with Gasteiger partial charge in [0.25, 0.3) is 0 Å². The second kappa shape index (κ2) is 6.31. The molecule has 0 aliphatic carbocycles. The van der Waals surface area contributed by atoms with E-state index in [0.717, 1.165) is 49.0 Å². The molecule has 5 heterocycles. The lowest BCUT2D eigenvalue weighted by Crippen LogP contribution is -2.47. The zero-order valence-electron chi connectivity index (χ0n) is 14.8. The predicted octanol–water partition coefficient (Wildman–Crippen LogP) is 0.964. The molecule has 0 radical (unpaired) electrons. The average molecular weight is 362 g/mol. The molecule has 4 aromatic rings. The van der Waals surface area contributed by atoms with Gasteiger partial charge < -0.3 is 14.8 Å². The Bertz CT molecular complexity index is 1060. The Kier molecular flexibility index (Phi) is 3.66. The Morgan fingerprint density at radius 1 is 0.889 bits per heavy atom. The van der Waals surface area contributed by atoms with E-state index in [2.05, 4.69) is 45.0 Å². The number of H-pyrrole nitrogens is 1. The van der Waals surface area contributed by atoms with Gasteiger partial charge >= 0.3 is 0 Å². The van der Waals surface area contributed by atoms with Gasteiger partial charge in [0.2, 0.25) is 0 Å². The number of aromatic nitrogens is 8. The normalized spacial score (nSPS) is 14.9. The van der Waals surface area contributed by atoms with Crippen molar-refractivity contribution in [3.8, 4) is 5.82 Å². The number of piperazine rings is 1. The molecule has 10 nitrogen and oxygen atoms in total. The van der Waals surface area contributed by atoms with Crippen molar-refractivity contribution in [2.75, 3.05) is 36.0 Å². The number of fused-ring (bicyclic) bond motifs is 1. The largest absolute Gasteiger partial charge is 0.352 e. The zero-order chi connectivity index (χ0) is 18.2. The summed E-state index contributed by atoms with van der Waals surface area (Å²) in [6.07, 6.45) is 5.10. The minimum Gasteiger partial charge on any atom is -0.352 e. The monoisotopic (exact) mass is 362 g/mol. The lowest BCUT2D eigenvalue weighted by atomic mass is 10.3. The quantitative estimate of drug-likeness (QED) is 0.575. The Morgan fingerprint density at radius 2 is 1.67 bits per heavy atom. The fourth-order valence-corrected chi connectivity index (χ4v) is 3.29. The van der Waals surface area contributed by atoms with Crippen LogP contribution in [-0.4, -0.2) is 66.1 Å². The summed E-state index contributed by atoms with van der Waals surface area (Å²) in [5, 5.41) is 13.1. The predicted molar refractivity (Wildman–Crippen MR) is 100 cm³/mol. The number of nitrogens with one attached hydrogen (secondary N) is 1. The first-order valence-corrected chi connectivity index (χ1v) is 8.78. The summed E-state index contributed by atoms with van der Waals surface area (Å²) in [4.78, 5) is 20.4. The minimum absolute atomic E-state index is 0.692. The van der Waals surface area contributed by atoms with Crippen LogP contribution in [0.5, 0.6) is 0 Å². The van der Waals surface area contributed by atoms with E-state index < -0.39 is 0 Å². The molecular formula is C17H18N10. The van der Waals surface area contributed by atoms with Gasteiger partial charge in [0.05, 0.1) is 12.0 Å². The Hall–Kier alpha value is -3.56. The number of imidazole rings is 1. The van der Waals surface area contributed by atoms with Crippen molar-refractivity contribution >= 4 is 22.8 Å². The fraction of sp³-hybridized carbons (Fsp3) is 0.294. The molecule has 0 unspecified atom stereocenters. The van der Waals surface area contributed by atoms with Crippen LogP contribution in [0.3, 0.4) is 0 Å². The van der Waals surface area contributed by atoms with E-state index in [9.17, 15) is 0 Å². The van der Waals surface area contributed by atoms with Gasteiger partial charge in [0, 0.05) is 32.4 Å². The van der Waals surface area contributed by atoms with E-state index in [1.807, 2.05) is 31.3 Å². The smallest absolute Gasteiger partial charge is 0.182 e. The van der Waals surface area contributed by atoms with Gasteiger partial charge in [-0.05, 0) is 25.1 Å². The Balaban J connectivity index is 1.30. The van der Waals surface area contributed by atoms with E-state index in [0.29, 0.717) is 11.5 Å². The van der Waals surface area contributed by atoms with E-state index in [4.69, 9.17) is 0 Å². The van der Waals surface area contributed by atoms with Crippen LogP contribution in [0.2, 0.25) is 0 Å². The van der Waals surface area contributed by atoms with Gasteiger partial charge in [-0.1, -0.05) is 0 Å². The van der Waals surface area contributed by atoms with Gasteiger partial charge in [-0.15, -0.1) is 10.2 Å². The van der Waals surface area contributed by atoms with Crippen molar-refractivity contribution in [1.29, 1.82) is 0 Å². The number of hydrogen-bond donors (Lipinski definition) is 1. The highest BCUT2D eigenvalue weighted by atomic mass is 15.4. The zero-order valence-corrected chi connectivity index (χ0v) is 14.8. The molecule has 0 aromatic carbocycles. The topological polar surface area (TPSA) is 105 Å². The summed E-state index contributed by atoms with van der Waals surface area (Å²) in [5.41, 5.74) is 2.52. The van der Waals surface area contributed by atoms with Crippen LogP contribution in [0.1, 0.15) is 5.69 Å². The van der Waals surface area contributed by atoms with Gasteiger partial charge in [-0.25, -0.2) is 19.6 Å². The molecule has 136 valence electrons. The summed E-state index contributed by atoms with van der Waals surface area (Å²) in [7, 11) is 0. The van der Waals surface area contributed by atoms with Crippen LogP contribution >= 0.6 is 0 Å². The van der Waals surface area contributed by atoms with Crippen LogP contribution in [0.25, 0.3) is 17.0 Å². The van der Waals surface area contributed by atoms with E-state index >= 15 is 0 Å². The first-order chi connectivity index (χ1) is 13.3. The molecule has 0 amide bonds. The third-order valence-corrected chi connectivity index (χ3v) is 4.70. The molecule has 1 N–H and O–H groups in total. The van der Waals surface area contributed by atoms with Crippen LogP contribution in [0, 0.1) is 6.92 Å². The summed E-state index contributed by atoms with van der Waals surface area (Å²) in [6.45, 7) is 5.31. The standard InChI is InChI=1S/C17H18N10/c1-12-4-5-27(24-12)14-3-2-13(22-23-14)25-6-8-26(9-7-25)17-15-16(19-10-18-15)20-11-21-17/h2-5,10-11H,6-9H2,1H3,(H,18,19,20,21). The highest BCUT2D eigenvalue weighted by Crippen LogP contribution is 2.22. The molecule has 10 heteroatoms. The molecule has 0 saturated carbocycles. The number of aromatic amines is 1. The molecule has 5 rings (SSSR count). The number of rotatable bonds is 3. The third kappa shape index (κ3) is 2.84. The van der Waals surface area contributed by atoms with Crippen LogP contribution in [0.15, 0.2) is 37.1 Å². The molecular weight excluding hydrogens is 344 g/mol. The molecule has 0 spiro atoms. The lowest BCUT2D eigenvalue weighted by Gasteiger charge is -2.35. The van der Waals surface area contributed by atoms with Crippen molar-refractivity contribution in [2.24, 2.45) is 0 Å². The average Bonchev–Trinajstić information content (AvgIpc) is 3.37. The van der Waals surface area contributed by atoms with Crippen LogP contribution in [-0.2, 0) is 0 Å². The highest BCUT2D eigenvalue weighted by molar-refractivity contribution is 5.82. The number of aryl methyl sites for hydroxylation is 1. The first kappa shape index (κ1) is 15.7. The molecule has 4 aromatic heterocycles. The molecule has 1 fully saturated rings. The van der Waals surface area contributed by atoms with Crippen molar-refractivity contribution in [2.45, 2.75) is 6.92 Å². The lowest BCUT2D eigenvalue weighted by molar-refractivity contribution is 0.637. The Labute approximate surface area is 154 Å². The molecule has 1 aliphatic heterocycles. The van der Waals surface area contributed by atoms with Crippen molar-refractivity contribution in [3.63, 3.8) is 0 Å². The van der Waals surface area contributed by atoms with E-state index in [-0.39, 0.29) is 0 Å². The van der Waals surface area contributed by atoms with Crippen molar-refractivity contribution in [3.05, 3.63) is 42.7 Å². The summed E-state index contributed by atoms with van der Waals surface area (Å²) in [6, 6.07) is 5.88. The van der Waals surface area contributed by atoms with Gasteiger partial charge in [0.15, 0.2) is 23.1 Å². The molecule has 0 bridgehead atoms. The van der Waals surface area contributed by atoms with E-state index in [1.165, 1.54) is 0 Å². The van der Waals surface area contributed by atoms with Gasteiger partial charge in [0.1, 0.15) is 11.8 Å². The number of anilines is 2. The maximum absolute atomic E-state index is 4.44. The summed E-state index contributed by atoms with van der Waals surface area (Å²) in [5.74, 6) is 2.48. The third-order valence-electron chi connectivity index (χ3n) is 4.70. The number of nitrogens with zero attached hydrogens (tertiary/aromatic N) is 9. The molecule has 1 saturated heterocycles. The van der Waals surface area contributed by atoms with Gasteiger partial charge in [-0.2, -0.15) is 5.10 Å².